The lowest BCUT2D eigenvalue weighted by molar-refractivity contribution is -0.156. The van der Waals surface area contributed by atoms with Crippen LogP contribution in [0, 0.1) is 5.41 Å². The topological polar surface area (TPSA) is 26.3 Å². The maximum atomic E-state index is 12.8. The van der Waals surface area contributed by atoms with Crippen LogP contribution in [0.2, 0.25) is 0 Å². The van der Waals surface area contributed by atoms with Crippen molar-refractivity contribution in [3.05, 3.63) is 0 Å². The van der Waals surface area contributed by atoms with Gasteiger partial charge in [-0.1, -0.05) is 136 Å². The smallest absolute Gasteiger partial charge is 0.311 e. The second-order valence-electron chi connectivity index (χ2n) is 9.85. The molecule has 0 N–H and O–H groups in total. The van der Waals surface area contributed by atoms with Gasteiger partial charge in [-0.2, -0.15) is 0 Å². The van der Waals surface area contributed by atoms with Crippen LogP contribution >= 0.6 is 0 Å². The van der Waals surface area contributed by atoms with E-state index in [0.717, 1.165) is 38.5 Å². The minimum atomic E-state index is -0.265. The van der Waals surface area contributed by atoms with Crippen molar-refractivity contribution in [1.82, 2.24) is 0 Å². The van der Waals surface area contributed by atoms with Gasteiger partial charge in [-0.05, 0) is 26.2 Å². The number of carbonyl (C=O) groups is 1. The quantitative estimate of drug-likeness (QED) is 0.120. The molecule has 1 unspecified atom stereocenters. The van der Waals surface area contributed by atoms with E-state index in [1.807, 2.05) is 0 Å². The molecule has 0 aliphatic heterocycles. The summed E-state index contributed by atoms with van der Waals surface area (Å²) in [6.45, 7) is 9.51. The summed E-state index contributed by atoms with van der Waals surface area (Å²) in [6.07, 6.45) is 26.6. The lowest BCUT2D eigenvalue weighted by Gasteiger charge is -2.27. The highest BCUT2D eigenvalue weighted by Gasteiger charge is 2.33. The summed E-state index contributed by atoms with van der Waals surface area (Å²) in [4.78, 5) is 12.8. The number of carbonyl (C=O) groups excluding carboxylic acids is 1. The van der Waals surface area contributed by atoms with Crippen LogP contribution in [0.3, 0.4) is 0 Å². The first-order valence-electron chi connectivity index (χ1n) is 13.8. The van der Waals surface area contributed by atoms with Crippen LogP contribution in [0.4, 0.5) is 0 Å². The Morgan fingerprint density at radius 3 is 1.37 bits per heavy atom. The summed E-state index contributed by atoms with van der Waals surface area (Å²) in [7, 11) is 0. The maximum absolute atomic E-state index is 12.8. The third kappa shape index (κ3) is 17.2. The Morgan fingerprint density at radius 1 is 0.533 bits per heavy atom. The summed E-state index contributed by atoms with van der Waals surface area (Å²) in [6, 6.07) is 0. The van der Waals surface area contributed by atoms with Gasteiger partial charge in [-0.15, -0.1) is 0 Å². The Balaban J connectivity index is 3.86. The number of hydrogen-bond donors (Lipinski definition) is 0. The molecule has 0 aliphatic carbocycles. The minimum absolute atomic E-state index is 0.0663. The van der Waals surface area contributed by atoms with Gasteiger partial charge in [0, 0.05) is 0 Å². The molecule has 0 amide bonds. The summed E-state index contributed by atoms with van der Waals surface area (Å²) < 4.78 is 5.74. The third-order valence-electron chi connectivity index (χ3n) is 6.64. The van der Waals surface area contributed by atoms with Gasteiger partial charge in [-0.25, -0.2) is 0 Å². The molecular weight excluding hydrogens is 368 g/mol. The molecule has 180 valence electrons. The number of unbranched alkanes of at least 4 members (excludes halogenated alkanes) is 16. The average Bonchev–Trinajstić information content (AvgIpc) is 2.75. The lowest BCUT2D eigenvalue weighted by atomic mass is 9.80. The largest absolute Gasteiger partial charge is 0.465 e. The fraction of sp³-hybridized carbons (Fsp3) is 0.964. The average molecular weight is 425 g/mol. The van der Waals surface area contributed by atoms with Crippen molar-refractivity contribution in [3.8, 4) is 0 Å². The summed E-state index contributed by atoms with van der Waals surface area (Å²) in [5, 5.41) is 0. The number of ether oxygens (including phenoxy) is 1. The Morgan fingerprint density at radius 2 is 0.900 bits per heavy atom. The van der Waals surface area contributed by atoms with E-state index >= 15 is 0 Å². The van der Waals surface area contributed by atoms with Gasteiger partial charge in [0.2, 0.25) is 0 Å². The van der Waals surface area contributed by atoms with Gasteiger partial charge in [0.15, 0.2) is 0 Å². The van der Waals surface area contributed by atoms with Crippen molar-refractivity contribution in [3.63, 3.8) is 0 Å². The van der Waals surface area contributed by atoms with Crippen LogP contribution in [-0.4, -0.2) is 12.6 Å². The van der Waals surface area contributed by atoms with Gasteiger partial charge >= 0.3 is 5.97 Å². The number of hydrogen-bond acceptors (Lipinski definition) is 2. The normalized spacial score (nSPS) is 13.3. The predicted molar refractivity (Wildman–Crippen MR) is 133 cm³/mol. The van der Waals surface area contributed by atoms with Crippen LogP contribution in [0.1, 0.15) is 163 Å². The van der Waals surface area contributed by atoms with E-state index in [-0.39, 0.29) is 11.4 Å². The van der Waals surface area contributed by atoms with Crippen molar-refractivity contribution >= 4 is 5.97 Å². The molecule has 0 saturated heterocycles. The molecule has 0 saturated carbocycles. The van der Waals surface area contributed by atoms with Gasteiger partial charge in [0.1, 0.15) is 0 Å². The molecule has 0 rings (SSSR count). The van der Waals surface area contributed by atoms with Gasteiger partial charge in [0.25, 0.3) is 0 Å². The Hall–Kier alpha value is -0.530. The Kier molecular flexibility index (Phi) is 21.3. The second-order valence-corrected chi connectivity index (χ2v) is 9.85. The van der Waals surface area contributed by atoms with Crippen LogP contribution < -0.4 is 0 Å². The van der Waals surface area contributed by atoms with E-state index in [1.165, 1.54) is 96.3 Å². The minimum Gasteiger partial charge on any atom is -0.465 e. The van der Waals surface area contributed by atoms with E-state index < -0.39 is 0 Å². The van der Waals surface area contributed by atoms with Gasteiger partial charge in [-0.3, -0.25) is 4.79 Å². The highest BCUT2D eigenvalue weighted by molar-refractivity contribution is 5.76. The molecule has 2 heteroatoms. The zero-order valence-corrected chi connectivity index (χ0v) is 21.4. The highest BCUT2D eigenvalue weighted by Crippen LogP contribution is 2.32. The van der Waals surface area contributed by atoms with Crippen LogP contribution in [0.15, 0.2) is 0 Å². The maximum Gasteiger partial charge on any atom is 0.311 e. The molecule has 0 fully saturated rings. The van der Waals surface area contributed by atoms with Crippen molar-refractivity contribution in [1.29, 1.82) is 0 Å². The Bertz CT molecular complexity index is 366. The zero-order chi connectivity index (χ0) is 22.3. The molecule has 0 aromatic heterocycles. The molecule has 0 aromatic rings. The van der Waals surface area contributed by atoms with E-state index in [1.54, 1.807) is 0 Å². The molecule has 1 atom stereocenters. The fourth-order valence-electron chi connectivity index (χ4n) is 4.30. The van der Waals surface area contributed by atoms with Crippen molar-refractivity contribution in [2.45, 2.75) is 163 Å². The monoisotopic (exact) mass is 424 g/mol. The second kappa shape index (κ2) is 21.7. The van der Waals surface area contributed by atoms with E-state index in [9.17, 15) is 4.79 Å². The molecular formula is C28H56O2. The highest BCUT2D eigenvalue weighted by atomic mass is 16.5. The van der Waals surface area contributed by atoms with Crippen molar-refractivity contribution in [2.75, 3.05) is 6.61 Å². The predicted octanol–water partition coefficient (Wildman–Crippen LogP) is 9.79. The van der Waals surface area contributed by atoms with Crippen molar-refractivity contribution < 1.29 is 9.53 Å². The van der Waals surface area contributed by atoms with E-state index in [4.69, 9.17) is 4.74 Å². The summed E-state index contributed by atoms with van der Waals surface area (Å²) in [5.41, 5.74) is -0.265. The lowest BCUT2D eigenvalue weighted by Crippen LogP contribution is -2.30. The van der Waals surface area contributed by atoms with Gasteiger partial charge < -0.3 is 4.74 Å². The summed E-state index contributed by atoms with van der Waals surface area (Å²) in [5.74, 6) is 0.0663. The van der Waals surface area contributed by atoms with Crippen LogP contribution in [-0.2, 0) is 9.53 Å². The van der Waals surface area contributed by atoms with Crippen LogP contribution in [0.25, 0.3) is 0 Å². The molecule has 30 heavy (non-hydrogen) atoms. The Labute approximate surface area is 190 Å². The molecule has 0 radical (unpaired) electrons. The number of esters is 1. The molecule has 0 bridgehead atoms. The third-order valence-corrected chi connectivity index (χ3v) is 6.64. The van der Waals surface area contributed by atoms with E-state index in [2.05, 4.69) is 27.7 Å². The molecule has 2 nitrogen and oxygen atoms in total. The van der Waals surface area contributed by atoms with Crippen molar-refractivity contribution in [2.24, 2.45) is 5.41 Å². The molecule has 0 aromatic carbocycles. The first-order valence-corrected chi connectivity index (χ1v) is 13.8. The van der Waals surface area contributed by atoms with Crippen LogP contribution in [0.5, 0.6) is 0 Å². The van der Waals surface area contributed by atoms with E-state index in [0.29, 0.717) is 6.61 Å². The first kappa shape index (κ1) is 29.5. The molecule has 0 aliphatic rings. The molecule has 0 spiro atoms. The zero-order valence-electron chi connectivity index (χ0n) is 21.4. The number of rotatable bonds is 23. The first-order chi connectivity index (χ1) is 14.6. The SMILES string of the molecule is CCCCCCCCCCCCCOC(=O)C(C)(CCCC)CCCCCCCC. The molecule has 0 heterocycles. The van der Waals surface area contributed by atoms with Gasteiger partial charge in [0.05, 0.1) is 12.0 Å². The fourth-order valence-corrected chi connectivity index (χ4v) is 4.30. The standard InChI is InChI=1S/C28H56O2/c1-5-8-11-13-15-16-17-18-19-21-23-26-30-27(29)28(4,24-10-7-3)25-22-20-14-12-9-6-2/h5-26H2,1-4H3. The summed E-state index contributed by atoms with van der Waals surface area (Å²) >= 11 is 0.